The highest BCUT2D eigenvalue weighted by atomic mass is 16.7. The van der Waals surface area contributed by atoms with Crippen molar-refractivity contribution in [2.45, 2.75) is 339 Å². The second kappa shape index (κ2) is 58.2. The van der Waals surface area contributed by atoms with Crippen LogP contribution >= 0.6 is 0 Å². The number of aliphatic hydroxyl groups is 5. The van der Waals surface area contributed by atoms with Crippen LogP contribution in [-0.2, 0) is 23.8 Å². The van der Waals surface area contributed by atoms with Crippen LogP contribution in [0, 0.1) is 0 Å². The standard InChI is InChI=1S/C71H125NO10/c1-4-7-10-13-16-19-22-25-27-29-31-32-33-35-36-38-40-43-46-49-52-55-58-64(75)70(79)72-62(63(74)57-54-51-48-45-42-24-21-18-15-12-9-6-3)61-80-71-69(68(78)67(77)65(60-73)81-71)82-66(76)59-56-53-50-47-44-41-39-37-34-30-28-26-23-20-17-14-11-8-5-2/h8,11,17,20,26,28,34,37,41,44,50,53-54,57,62-65,67-69,71,73-75,77-78H,4-7,9-10,12-16,18-19,21-25,27,29-33,35-36,38-40,42-43,45-49,51-52,55-56,58-61H2,1-3H3,(H,72,79)/b11-8-,20-17-,28-26-,37-34-,44-41-,53-50-,57-54+. The van der Waals surface area contributed by atoms with Crippen molar-refractivity contribution in [3.63, 3.8) is 0 Å². The molecule has 0 aliphatic carbocycles. The molecule has 0 bridgehead atoms. The monoisotopic (exact) mass is 1150 g/mol. The molecule has 1 saturated heterocycles. The number of ether oxygens (including phenoxy) is 3. The number of esters is 1. The zero-order valence-electron chi connectivity index (χ0n) is 52.6. The van der Waals surface area contributed by atoms with Gasteiger partial charge in [-0.15, -0.1) is 0 Å². The van der Waals surface area contributed by atoms with Gasteiger partial charge in [0, 0.05) is 6.42 Å². The molecule has 1 rings (SSSR count). The van der Waals surface area contributed by atoms with E-state index >= 15 is 0 Å². The summed E-state index contributed by atoms with van der Waals surface area (Å²) in [6, 6.07) is -1.04. The van der Waals surface area contributed by atoms with Crippen LogP contribution in [0.15, 0.2) is 85.1 Å². The number of hydrogen-bond donors (Lipinski definition) is 6. The van der Waals surface area contributed by atoms with Crippen molar-refractivity contribution >= 4 is 11.9 Å². The summed E-state index contributed by atoms with van der Waals surface area (Å²) in [5.41, 5.74) is 0. The highest BCUT2D eigenvalue weighted by Gasteiger charge is 2.47. The molecule has 11 nitrogen and oxygen atoms in total. The number of nitrogens with one attached hydrogen (secondary N) is 1. The van der Waals surface area contributed by atoms with Gasteiger partial charge in [-0.2, -0.15) is 0 Å². The molecule has 0 spiro atoms. The van der Waals surface area contributed by atoms with E-state index < -0.39 is 67.4 Å². The summed E-state index contributed by atoms with van der Waals surface area (Å²) in [6.07, 6.45) is 66.4. The van der Waals surface area contributed by atoms with Crippen LogP contribution in [0.5, 0.6) is 0 Å². The van der Waals surface area contributed by atoms with E-state index in [0.29, 0.717) is 19.3 Å². The lowest BCUT2D eigenvalue weighted by molar-refractivity contribution is -0.305. The van der Waals surface area contributed by atoms with Gasteiger partial charge in [-0.1, -0.05) is 305 Å². The normalized spacial score (nSPS) is 19.1. The van der Waals surface area contributed by atoms with Gasteiger partial charge in [-0.05, 0) is 64.2 Å². The zero-order valence-corrected chi connectivity index (χ0v) is 52.6. The minimum atomic E-state index is -1.65. The average molecular weight is 1150 g/mol. The number of hydrogen-bond acceptors (Lipinski definition) is 10. The lowest BCUT2D eigenvalue weighted by atomic mass is 9.99. The van der Waals surface area contributed by atoms with Crippen LogP contribution in [0.25, 0.3) is 0 Å². The fourth-order valence-electron chi connectivity index (χ4n) is 10.3. The molecule has 82 heavy (non-hydrogen) atoms. The van der Waals surface area contributed by atoms with Gasteiger partial charge >= 0.3 is 5.97 Å². The maximum atomic E-state index is 13.5. The Bertz CT molecular complexity index is 1660. The van der Waals surface area contributed by atoms with Crippen LogP contribution in [0.4, 0.5) is 0 Å². The van der Waals surface area contributed by atoms with Crippen LogP contribution in [0.2, 0.25) is 0 Å². The molecule has 0 saturated carbocycles. The molecule has 6 N–H and O–H groups in total. The maximum Gasteiger partial charge on any atom is 0.306 e. The van der Waals surface area contributed by atoms with Gasteiger partial charge in [0.05, 0.1) is 25.4 Å². The first-order valence-electron chi connectivity index (χ1n) is 33.9. The van der Waals surface area contributed by atoms with Crippen LogP contribution < -0.4 is 5.32 Å². The van der Waals surface area contributed by atoms with Crippen molar-refractivity contribution in [2.24, 2.45) is 0 Å². The summed E-state index contributed by atoms with van der Waals surface area (Å²) in [6.45, 7) is 5.66. The predicted octanol–water partition coefficient (Wildman–Crippen LogP) is 16.9. The Hall–Kier alpha value is -3.16. The number of carbonyl (C=O) groups is 2. The molecule has 1 fully saturated rings. The average Bonchev–Trinajstić information content (AvgIpc) is 3.44. The molecule has 0 aromatic carbocycles. The molecule has 0 radical (unpaired) electrons. The summed E-state index contributed by atoms with van der Waals surface area (Å²) >= 11 is 0. The second-order valence-corrected chi connectivity index (χ2v) is 23.2. The lowest BCUT2D eigenvalue weighted by Crippen LogP contribution is -2.61. The van der Waals surface area contributed by atoms with E-state index in [1.165, 1.54) is 167 Å². The van der Waals surface area contributed by atoms with Crippen LogP contribution in [0.3, 0.4) is 0 Å². The molecule has 8 unspecified atom stereocenters. The number of amides is 1. The molecule has 1 aliphatic rings. The third-order valence-corrected chi connectivity index (χ3v) is 15.6. The summed E-state index contributed by atoms with van der Waals surface area (Å²) in [7, 11) is 0. The summed E-state index contributed by atoms with van der Waals surface area (Å²) < 4.78 is 17.6. The van der Waals surface area contributed by atoms with Crippen molar-refractivity contribution in [2.75, 3.05) is 13.2 Å². The minimum absolute atomic E-state index is 0.00363. The van der Waals surface area contributed by atoms with Crippen molar-refractivity contribution in [1.82, 2.24) is 5.32 Å². The number of carbonyl (C=O) groups excluding carboxylic acids is 2. The highest BCUT2D eigenvalue weighted by Crippen LogP contribution is 2.26. The zero-order chi connectivity index (χ0) is 59.6. The topological polar surface area (TPSA) is 175 Å². The largest absolute Gasteiger partial charge is 0.454 e. The Morgan fingerprint density at radius 1 is 0.488 bits per heavy atom. The quantitative estimate of drug-likeness (QED) is 0.0195. The summed E-state index contributed by atoms with van der Waals surface area (Å²) in [5.74, 6) is -1.28. The molecule has 1 heterocycles. The van der Waals surface area contributed by atoms with E-state index in [4.69, 9.17) is 14.2 Å². The minimum Gasteiger partial charge on any atom is -0.454 e. The predicted molar refractivity (Wildman–Crippen MR) is 342 cm³/mol. The van der Waals surface area contributed by atoms with Gasteiger partial charge < -0.3 is 45.1 Å². The van der Waals surface area contributed by atoms with Crippen LogP contribution in [0.1, 0.15) is 290 Å². The lowest BCUT2D eigenvalue weighted by Gasteiger charge is -2.41. The molecule has 0 aromatic rings. The van der Waals surface area contributed by atoms with E-state index in [9.17, 15) is 35.1 Å². The molecule has 1 amide bonds. The number of aliphatic hydroxyl groups excluding tert-OH is 5. The smallest absolute Gasteiger partial charge is 0.306 e. The van der Waals surface area contributed by atoms with E-state index in [1.807, 2.05) is 18.2 Å². The van der Waals surface area contributed by atoms with Gasteiger partial charge in [0.1, 0.15) is 24.4 Å². The first kappa shape index (κ1) is 76.9. The molecule has 1 aliphatic heterocycles. The maximum absolute atomic E-state index is 13.5. The molecule has 0 aromatic heterocycles. The fraction of sp³-hybridized carbons (Fsp3) is 0.775. The van der Waals surface area contributed by atoms with E-state index in [0.717, 1.165) is 70.6 Å². The molecule has 8 atom stereocenters. The Morgan fingerprint density at radius 2 is 0.878 bits per heavy atom. The Kier molecular flexibility index (Phi) is 54.6. The van der Waals surface area contributed by atoms with Crippen molar-refractivity contribution in [3.05, 3.63) is 85.1 Å². The molecule has 474 valence electrons. The Labute approximate surface area is 502 Å². The Morgan fingerprint density at radius 3 is 1.29 bits per heavy atom. The number of allylic oxidation sites excluding steroid dienone is 13. The van der Waals surface area contributed by atoms with Crippen molar-refractivity contribution in [3.8, 4) is 0 Å². The van der Waals surface area contributed by atoms with Crippen LogP contribution in [-0.4, -0.2) is 99.6 Å². The SMILES string of the molecule is CC/C=C\C/C=C\C/C=C\C/C=C\C/C=C\C/C=C\CCC(=O)OC1C(OCC(NC(=O)C(O)CCCCCCCCCCCCCCCCCCCCCCCC)C(O)/C=C/CCCCCCCCCCCC)OC(CO)C(O)C1O. The first-order chi connectivity index (χ1) is 40.2. The molecular weight excluding hydrogens is 1030 g/mol. The van der Waals surface area contributed by atoms with E-state index in [-0.39, 0.29) is 19.4 Å². The van der Waals surface area contributed by atoms with Gasteiger partial charge in [0.25, 0.3) is 0 Å². The molecule has 11 heteroatoms. The van der Waals surface area contributed by atoms with E-state index in [2.05, 4.69) is 86.8 Å². The highest BCUT2D eigenvalue weighted by molar-refractivity contribution is 5.80. The van der Waals surface area contributed by atoms with Gasteiger partial charge in [0.2, 0.25) is 5.91 Å². The summed E-state index contributed by atoms with van der Waals surface area (Å²) in [5, 5.41) is 57.1. The van der Waals surface area contributed by atoms with Gasteiger partial charge in [0.15, 0.2) is 12.4 Å². The first-order valence-corrected chi connectivity index (χ1v) is 33.9. The second-order valence-electron chi connectivity index (χ2n) is 23.2. The number of rotatable bonds is 57. The van der Waals surface area contributed by atoms with Gasteiger partial charge in [-0.3, -0.25) is 9.59 Å². The van der Waals surface area contributed by atoms with Crippen molar-refractivity contribution < 1.29 is 49.3 Å². The third kappa shape index (κ3) is 45.2. The van der Waals surface area contributed by atoms with E-state index in [1.54, 1.807) is 6.08 Å². The third-order valence-electron chi connectivity index (χ3n) is 15.6. The van der Waals surface area contributed by atoms with Crippen molar-refractivity contribution in [1.29, 1.82) is 0 Å². The van der Waals surface area contributed by atoms with Gasteiger partial charge in [-0.25, -0.2) is 0 Å². The Balaban J connectivity index is 2.65. The fourth-order valence-corrected chi connectivity index (χ4v) is 10.3. The molecular formula is C71H125NO10. The number of unbranched alkanes of at least 4 members (excludes halogenated alkanes) is 31. The summed E-state index contributed by atoms with van der Waals surface area (Å²) in [4.78, 5) is 26.6.